The number of aryl methyl sites for hydroxylation is 2. The number of carboxylic acid groups (broad SMARTS) is 1. The van der Waals surface area contributed by atoms with E-state index < -0.39 is 5.97 Å². The van der Waals surface area contributed by atoms with Crippen LogP contribution in [0, 0.1) is 6.92 Å². The van der Waals surface area contributed by atoms with Crippen molar-refractivity contribution in [1.29, 1.82) is 0 Å². The molecular weight excluding hydrogens is 318 g/mol. The Labute approximate surface area is 137 Å². The monoisotopic (exact) mass is 337 g/mol. The lowest BCUT2D eigenvalue weighted by Crippen LogP contribution is -2.26. The Morgan fingerprint density at radius 1 is 1.35 bits per heavy atom. The van der Waals surface area contributed by atoms with Crippen LogP contribution >= 0.6 is 11.3 Å². The van der Waals surface area contributed by atoms with Gasteiger partial charge in [0.05, 0.1) is 11.7 Å². The highest BCUT2D eigenvalue weighted by atomic mass is 32.1. The standard InChI is InChI=1S/C15H19N3O4S/c1-10-8-11-14(23-10)17-9-18(15(11)22)7-3-4-12(19)16-6-2-5-13(20)21/h8-9H,2-7H2,1H3,(H,16,19)(H,20,21). The van der Waals surface area contributed by atoms with E-state index in [0.717, 1.165) is 9.71 Å². The quantitative estimate of drug-likeness (QED) is 0.711. The summed E-state index contributed by atoms with van der Waals surface area (Å²) in [6, 6.07) is 1.83. The van der Waals surface area contributed by atoms with Gasteiger partial charge in [-0.1, -0.05) is 0 Å². The number of fused-ring (bicyclic) bond motifs is 1. The number of carboxylic acids is 1. The van der Waals surface area contributed by atoms with E-state index in [1.807, 2.05) is 13.0 Å². The van der Waals surface area contributed by atoms with Crippen molar-refractivity contribution in [3.05, 3.63) is 27.6 Å². The molecule has 0 unspecified atom stereocenters. The van der Waals surface area contributed by atoms with E-state index in [2.05, 4.69) is 10.3 Å². The molecule has 1 amide bonds. The lowest BCUT2D eigenvalue weighted by atomic mass is 10.2. The molecule has 0 spiro atoms. The average molecular weight is 337 g/mol. The van der Waals surface area contributed by atoms with E-state index in [0.29, 0.717) is 37.7 Å². The Balaban J connectivity index is 1.80. The second kappa shape index (κ2) is 7.87. The van der Waals surface area contributed by atoms with Crippen LogP contribution in [0.3, 0.4) is 0 Å². The highest BCUT2D eigenvalue weighted by Gasteiger charge is 2.08. The van der Waals surface area contributed by atoms with Crippen molar-refractivity contribution in [2.45, 2.75) is 39.2 Å². The summed E-state index contributed by atoms with van der Waals surface area (Å²) < 4.78 is 1.52. The molecule has 0 fully saturated rings. The number of carbonyl (C=O) groups excluding carboxylic acids is 1. The third-order valence-electron chi connectivity index (χ3n) is 3.33. The van der Waals surface area contributed by atoms with Gasteiger partial charge in [-0.05, 0) is 25.8 Å². The van der Waals surface area contributed by atoms with Gasteiger partial charge in [0.15, 0.2) is 0 Å². The van der Waals surface area contributed by atoms with Crippen LogP contribution in [0.1, 0.15) is 30.6 Å². The molecule has 0 radical (unpaired) electrons. The average Bonchev–Trinajstić information content (AvgIpc) is 2.87. The lowest BCUT2D eigenvalue weighted by molar-refractivity contribution is -0.137. The third-order valence-corrected chi connectivity index (χ3v) is 4.29. The molecular formula is C15H19N3O4S. The number of carbonyl (C=O) groups is 2. The number of nitrogens with zero attached hydrogens (tertiary/aromatic N) is 2. The van der Waals surface area contributed by atoms with Crippen molar-refractivity contribution >= 4 is 33.4 Å². The maximum atomic E-state index is 12.3. The first-order chi connectivity index (χ1) is 11.0. The van der Waals surface area contributed by atoms with Gasteiger partial charge in [-0.2, -0.15) is 0 Å². The molecule has 2 heterocycles. The normalized spacial score (nSPS) is 10.8. The van der Waals surface area contributed by atoms with Gasteiger partial charge in [-0.15, -0.1) is 11.3 Å². The van der Waals surface area contributed by atoms with Gasteiger partial charge in [0, 0.05) is 30.8 Å². The van der Waals surface area contributed by atoms with Crippen molar-refractivity contribution in [3.63, 3.8) is 0 Å². The second-order valence-corrected chi connectivity index (χ2v) is 6.50. The van der Waals surface area contributed by atoms with Gasteiger partial charge < -0.3 is 10.4 Å². The van der Waals surface area contributed by atoms with Gasteiger partial charge in [0.1, 0.15) is 4.83 Å². The number of thiophene rings is 1. The Morgan fingerprint density at radius 2 is 2.13 bits per heavy atom. The first kappa shape index (κ1) is 17.1. The molecule has 0 saturated heterocycles. The molecule has 0 bridgehead atoms. The first-order valence-electron chi connectivity index (χ1n) is 7.41. The topological polar surface area (TPSA) is 101 Å². The number of amides is 1. The van der Waals surface area contributed by atoms with Crippen LogP contribution < -0.4 is 10.9 Å². The summed E-state index contributed by atoms with van der Waals surface area (Å²) in [5.74, 6) is -1.01. The fourth-order valence-corrected chi connectivity index (χ4v) is 3.04. The fraction of sp³-hybridized carbons (Fsp3) is 0.467. The minimum absolute atomic E-state index is 0.0431. The van der Waals surface area contributed by atoms with E-state index in [1.165, 1.54) is 22.2 Å². The van der Waals surface area contributed by atoms with Crippen LogP contribution in [-0.2, 0) is 16.1 Å². The SMILES string of the molecule is Cc1cc2c(=O)n(CCCC(=O)NCCCC(=O)O)cnc2s1. The lowest BCUT2D eigenvalue weighted by Gasteiger charge is -2.06. The van der Waals surface area contributed by atoms with E-state index in [9.17, 15) is 14.4 Å². The molecule has 2 aromatic heterocycles. The number of rotatable bonds is 8. The van der Waals surface area contributed by atoms with E-state index in [-0.39, 0.29) is 17.9 Å². The summed E-state index contributed by atoms with van der Waals surface area (Å²) in [6.45, 7) is 2.72. The summed E-state index contributed by atoms with van der Waals surface area (Å²) in [4.78, 5) is 40.3. The summed E-state index contributed by atoms with van der Waals surface area (Å²) >= 11 is 1.49. The number of hydrogen-bond donors (Lipinski definition) is 2. The number of aromatic nitrogens is 2. The van der Waals surface area contributed by atoms with Gasteiger partial charge in [-0.25, -0.2) is 4.98 Å². The van der Waals surface area contributed by atoms with Gasteiger partial charge in [0.2, 0.25) is 5.91 Å². The zero-order valence-corrected chi connectivity index (χ0v) is 13.7. The number of aliphatic carboxylic acids is 1. The maximum Gasteiger partial charge on any atom is 0.303 e. The van der Waals surface area contributed by atoms with Crippen LogP contribution in [0.25, 0.3) is 10.2 Å². The second-order valence-electron chi connectivity index (χ2n) is 5.27. The van der Waals surface area contributed by atoms with Crippen LogP contribution in [0.5, 0.6) is 0 Å². The van der Waals surface area contributed by atoms with Crippen LogP contribution in [-0.4, -0.2) is 33.1 Å². The molecule has 2 aromatic rings. The highest BCUT2D eigenvalue weighted by molar-refractivity contribution is 7.18. The molecule has 23 heavy (non-hydrogen) atoms. The van der Waals surface area contributed by atoms with Crippen molar-refractivity contribution in [2.24, 2.45) is 0 Å². The molecule has 0 aliphatic heterocycles. The predicted octanol–water partition coefficient (Wildman–Crippen LogP) is 1.53. The van der Waals surface area contributed by atoms with Crippen molar-refractivity contribution in [1.82, 2.24) is 14.9 Å². The van der Waals surface area contributed by atoms with Crippen LogP contribution in [0.15, 0.2) is 17.2 Å². The number of nitrogens with one attached hydrogen (secondary N) is 1. The molecule has 2 N–H and O–H groups in total. The predicted molar refractivity (Wildman–Crippen MR) is 87.7 cm³/mol. The molecule has 2 rings (SSSR count). The Morgan fingerprint density at radius 3 is 2.87 bits per heavy atom. The summed E-state index contributed by atoms with van der Waals surface area (Å²) in [5.41, 5.74) is -0.0822. The molecule has 0 aliphatic carbocycles. The molecule has 0 saturated carbocycles. The van der Waals surface area contributed by atoms with Crippen LogP contribution in [0.4, 0.5) is 0 Å². The highest BCUT2D eigenvalue weighted by Crippen LogP contribution is 2.19. The van der Waals surface area contributed by atoms with E-state index in [4.69, 9.17) is 5.11 Å². The summed E-state index contributed by atoms with van der Waals surface area (Å²) in [5, 5.41) is 11.8. The Hall–Kier alpha value is -2.22. The van der Waals surface area contributed by atoms with Crippen molar-refractivity contribution in [2.75, 3.05) is 6.54 Å². The summed E-state index contributed by atoms with van der Waals surface area (Å²) in [6.07, 6.45) is 2.80. The van der Waals surface area contributed by atoms with E-state index in [1.54, 1.807) is 0 Å². The van der Waals surface area contributed by atoms with Crippen LogP contribution in [0.2, 0.25) is 0 Å². The first-order valence-corrected chi connectivity index (χ1v) is 8.23. The van der Waals surface area contributed by atoms with Gasteiger partial charge in [0.25, 0.3) is 5.56 Å². The summed E-state index contributed by atoms with van der Waals surface area (Å²) in [7, 11) is 0. The minimum Gasteiger partial charge on any atom is -0.481 e. The molecule has 124 valence electrons. The third kappa shape index (κ3) is 4.88. The molecule has 0 atom stereocenters. The molecule has 0 aromatic carbocycles. The molecule has 0 aliphatic rings. The van der Waals surface area contributed by atoms with Crippen molar-refractivity contribution < 1.29 is 14.7 Å². The minimum atomic E-state index is -0.870. The Kier molecular flexibility index (Phi) is 5.86. The largest absolute Gasteiger partial charge is 0.481 e. The Bertz CT molecular complexity index is 766. The fourth-order valence-electron chi connectivity index (χ4n) is 2.21. The maximum absolute atomic E-state index is 12.3. The van der Waals surface area contributed by atoms with E-state index >= 15 is 0 Å². The zero-order valence-electron chi connectivity index (χ0n) is 12.9. The van der Waals surface area contributed by atoms with Gasteiger partial charge in [-0.3, -0.25) is 19.0 Å². The zero-order chi connectivity index (χ0) is 16.8. The molecule has 7 nitrogen and oxygen atoms in total. The number of hydrogen-bond acceptors (Lipinski definition) is 5. The smallest absolute Gasteiger partial charge is 0.303 e. The van der Waals surface area contributed by atoms with Crippen molar-refractivity contribution in [3.8, 4) is 0 Å². The van der Waals surface area contributed by atoms with Gasteiger partial charge >= 0.3 is 5.97 Å². The molecule has 8 heteroatoms.